The topological polar surface area (TPSA) is 65.7 Å². The van der Waals surface area contributed by atoms with E-state index in [1.807, 2.05) is 68.4 Å². The highest BCUT2D eigenvalue weighted by Gasteiger charge is 2.18. The van der Waals surface area contributed by atoms with Crippen molar-refractivity contribution in [3.05, 3.63) is 122 Å². The molecule has 0 saturated carbocycles. The predicted molar refractivity (Wildman–Crippen MR) is 172 cm³/mol. The maximum absolute atomic E-state index is 13.8. The minimum Gasteiger partial charge on any atom is -0.494 e. The molecule has 1 heterocycles. The van der Waals surface area contributed by atoms with Crippen molar-refractivity contribution in [1.82, 2.24) is 9.66 Å². The Morgan fingerprint density at radius 2 is 1.76 bits per heavy atom. The number of hydrogen-bond donors (Lipinski definition) is 0. The minimum absolute atomic E-state index is 0.210. The first kappa shape index (κ1) is 29.4. The third-order valence-electron chi connectivity index (χ3n) is 6.84. The molecule has 5 rings (SSSR count). The lowest BCUT2D eigenvalue weighted by Crippen LogP contribution is -2.20. The summed E-state index contributed by atoms with van der Waals surface area (Å²) < 4.78 is 13.3. The molecule has 4 aromatic carbocycles. The standard InChI is InChI=1S/C34H31Cl2N3O3/c1-5-41-32-15-22(4)28(18-27(32)21(2)3)33-38-31-12-7-6-11-26(31)34(40)39(33)37-19-23-9-8-10-25(16-23)42-20-24-13-14-29(35)30(36)17-24/h6-19,21H,5,20H2,1-4H3. The highest BCUT2D eigenvalue weighted by Crippen LogP contribution is 2.34. The number of rotatable bonds is 9. The summed E-state index contributed by atoms with van der Waals surface area (Å²) in [6, 6.07) is 24.3. The zero-order valence-corrected chi connectivity index (χ0v) is 25.4. The molecule has 0 atom stereocenters. The molecule has 0 unspecified atom stereocenters. The molecule has 1 aromatic heterocycles. The van der Waals surface area contributed by atoms with Crippen LogP contribution in [0.5, 0.6) is 11.5 Å². The Bertz CT molecular complexity index is 1850. The van der Waals surface area contributed by atoms with Gasteiger partial charge in [0.25, 0.3) is 5.56 Å². The number of para-hydroxylation sites is 1. The van der Waals surface area contributed by atoms with E-state index in [0.29, 0.717) is 45.7 Å². The van der Waals surface area contributed by atoms with Gasteiger partial charge in [0.2, 0.25) is 0 Å². The van der Waals surface area contributed by atoms with E-state index in [-0.39, 0.29) is 11.5 Å². The van der Waals surface area contributed by atoms with Gasteiger partial charge in [-0.1, -0.05) is 67.4 Å². The van der Waals surface area contributed by atoms with Gasteiger partial charge < -0.3 is 9.47 Å². The number of aromatic nitrogens is 2. The molecule has 6 nitrogen and oxygen atoms in total. The average Bonchev–Trinajstić information content (AvgIpc) is 2.97. The van der Waals surface area contributed by atoms with Gasteiger partial charge in [0.05, 0.1) is 33.8 Å². The van der Waals surface area contributed by atoms with Gasteiger partial charge in [-0.15, -0.1) is 0 Å². The van der Waals surface area contributed by atoms with E-state index in [2.05, 4.69) is 25.0 Å². The second kappa shape index (κ2) is 12.8. The molecule has 5 aromatic rings. The molecule has 0 aliphatic rings. The fraction of sp³-hybridized carbons (Fsp3) is 0.206. The Balaban J connectivity index is 1.54. The van der Waals surface area contributed by atoms with Crippen molar-refractivity contribution in [2.45, 2.75) is 40.2 Å². The number of fused-ring (bicyclic) bond motifs is 1. The van der Waals surface area contributed by atoms with Gasteiger partial charge in [-0.2, -0.15) is 9.78 Å². The number of hydrogen-bond acceptors (Lipinski definition) is 5. The van der Waals surface area contributed by atoms with Crippen LogP contribution in [0.4, 0.5) is 0 Å². The fourth-order valence-electron chi connectivity index (χ4n) is 4.68. The maximum atomic E-state index is 13.8. The summed E-state index contributed by atoms with van der Waals surface area (Å²) >= 11 is 12.2. The Morgan fingerprint density at radius 1 is 0.952 bits per heavy atom. The SMILES string of the molecule is CCOc1cc(C)c(-c2nc3ccccc3c(=O)n2N=Cc2cccc(OCc3ccc(Cl)c(Cl)c3)c2)cc1C(C)C. The zero-order chi connectivity index (χ0) is 29.8. The molecule has 0 amide bonds. The molecule has 214 valence electrons. The first-order chi connectivity index (χ1) is 20.2. The third-order valence-corrected chi connectivity index (χ3v) is 7.58. The Kier molecular flexibility index (Phi) is 8.95. The Labute approximate surface area is 255 Å². The van der Waals surface area contributed by atoms with Crippen LogP contribution >= 0.6 is 23.2 Å². The van der Waals surface area contributed by atoms with Crippen molar-refractivity contribution in [2.24, 2.45) is 5.10 Å². The van der Waals surface area contributed by atoms with E-state index >= 15 is 0 Å². The summed E-state index contributed by atoms with van der Waals surface area (Å²) in [5.74, 6) is 2.16. The van der Waals surface area contributed by atoms with Crippen LogP contribution < -0.4 is 15.0 Å². The van der Waals surface area contributed by atoms with Gasteiger partial charge in [-0.05, 0) is 90.6 Å². The quantitative estimate of drug-likeness (QED) is 0.159. The molecule has 42 heavy (non-hydrogen) atoms. The molecular formula is C34H31Cl2N3O3. The molecule has 0 fully saturated rings. The van der Waals surface area contributed by atoms with E-state index in [0.717, 1.165) is 33.6 Å². The molecule has 0 aliphatic heterocycles. The summed E-state index contributed by atoms with van der Waals surface area (Å²) in [5, 5.41) is 6.12. The number of halogens is 2. The molecule has 8 heteroatoms. The second-order valence-electron chi connectivity index (χ2n) is 10.2. The fourth-order valence-corrected chi connectivity index (χ4v) is 5.00. The monoisotopic (exact) mass is 599 g/mol. The zero-order valence-electron chi connectivity index (χ0n) is 23.9. The summed E-state index contributed by atoms with van der Waals surface area (Å²) in [6.07, 6.45) is 1.64. The van der Waals surface area contributed by atoms with Crippen LogP contribution in [0, 0.1) is 6.92 Å². The lowest BCUT2D eigenvalue weighted by molar-refractivity contribution is 0.306. The van der Waals surface area contributed by atoms with Crippen molar-refractivity contribution in [3.8, 4) is 22.9 Å². The van der Waals surface area contributed by atoms with E-state index in [9.17, 15) is 4.79 Å². The van der Waals surface area contributed by atoms with Gasteiger partial charge in [0, 0.05) is 5.56 Å². The summed E-state index contributed by atoms with van der Waals surface area (Å²) in [4.78, 5) is 18.7. The number of aryl methyl sites for hydroxylation is 1. The first-order valence-corrected chi connectivity index (χ1v) is 14.5. The smallest absolute Gasteiger partial charge is 0.282 e. The predicted octanol–water partition coefficient (Wildman–Crippen LogP) is 8.66. The van der Waals surface area contributed by atoms with Crippen LogP contribution in [0.2, 0.25) is 10.0 Å². The van der Waals surface area contributed by atoms with Crippen LogP contribution in [-0.2, 0) is 6.61 Å². The molecular weight excluding hydrogens is 569 g/mol. The molecule has 0 aliphatic carbocycles. The minimum atomic E-state index is -0.252. The van der Waals surface area contributed by atoms with Crippen molar-refractivity contribution in [3.63, 3.8) is 0 Å². The molecule has 0 spiro atoms. The highest BCUT2D eigenvalue weighted by atomic mass is 35.5. The first-order valence-electron chi connectivity index (χ1n) is 13.8. The van der Waals surface area contributed by atoms with Crippen molar-refractivity contribution in [1.29, 1.82) is 0 Å². The number of nitrogens with zero attached hydrogens (tertiary/aromatic N) is 3. The molecule has 0 radical (unpaired) electrons. The van der Waals surface area contributed by atoms with Gasteiger partial charge in [0.1, 0.15) is 18.1 Å². The van der Waals surface area contributed by atoms with Gasteiger partial charge in [0.15, 0.2) is 5.82 Å². The van der Waals surface area contributed by atoms with E-state index in [4.69, 9.17) is 37.7 Å². The molecule has 0 saturated heterocycles. The van der Waals surface area contributed by atoms with E-state index < -0.39 is 0 Å². The number of ether oxygens (including phenoxy) is 2. The van der Waals surface area contributed by atoms with Crippen LogP contribution in [-0.4, -0.2) is 22.5 Å². The van der Waals surface area contributed by atoms with Gasteiger partial charge >= 0.3 is 0 Å². The average molecular weight is 601 g/mol. The van der Waals surface area contributed by atoms with Crippen LogP contribution in [0.15, 0.2) is 88.8 Å². The largest absolute Gasteiger partial charge is 0.494 e. The van der Waals surface area contributed by atoms with Crippen LogP contribution in [0.25, 0.3) is 22.3 Å². The van der Waals surface area contributed by atoms with Crippen molar-refractivity contribution in [2.75, 3.05) is 6.61 Å². The van der Waals surface area contributed by atoms with Crippen LogP contribution in [0.1, 0.15) is 48.9 Å². The van der Waals surface area contributed by atoms with Gasteiger partial charge in [-0.3, -0.25) is 4.79 Å². The summed E-state index contributed by atoms with van der Waals surface area (Å²) in [7, 11) is 0. The molecule has 0 N–H and O–H groups in total. The lowest BCUT2D eigenvalue weighted by Gasteiger charge is -2.18. The second-order valence-corrected chi connectivity index (χ2v) is 11.0. The lowest BCUT2D eigenvalue weighted by atomic mass is 9.96. The summed E-state index contributed by atoms with van der Waals surface area (Å²) in [6.45, 7) is 9.09. The Hall–Kier alpha value is -4.13. The molecule has 0 bridgehead atoms. The van der Waals surface area contributed by atoms with E-state index in [1.165, 1.54) is 4.68 Å². The third kappa shape index (κ3) is 6.35. The number of benzene rings is 4. The van der Waals surface area contributed by atoms with Crippen molar-refractivity contribution >= 4 is 40.3 Å². The summed E-state index contributed by atoms with van der Waals surface area (Å²) in [5.41, 5.74) is 4.82. The van der Waals surface area contributed by atoms with Crippen molar-refractivity contribution < 1.29 is 9.47 Å². The van der Waals surface area contributed by atoms with Crippen LogP contribution in [0.3, 0.4) is 0 Å². The highest BCUT2D eigenvalue weighted by molar-refractivity contribution is 6.42. The van der Waals surface area contributed by atoms with E-state index in [1.54, 1.807) is 24.4 Å². The maximum Gasteiger partial charge on any atom is 0.282 e. The van der Waals surface area contributed by atoms with Gasteiger partial charge in [-0.25, -0.2) is 4.98 Å². The Morgan fingerprint density at radius 3 is 2.52 bits per heavy atom. The normalized spacial score (nSPS) is 11.5.